The van der Waals surface area contributed by atoms with Crippen LogP contribution < -0.4 is 10.0 Å². The van der Waals surface area contributed by atoms with Crippen LogP contribution in [0.1, 0.15) is 44.2 Å². The van der Waals surface area contributed by atoms with Crippen molar-refractivity contribution in [2.75, 3.05) is 13.1 Å². The summed E-state index contributed by atoms with van der Waals surface area (Å²) in [7, 11) is -4.23. The van der Waals surface area contributed by atoms with Crippen LogP contribution in [0, 0.1) is 0 Å². The van der Waals surface area contributed by atoms with Crippen LogP contribution in [0.15, 0.2) is 77.7 Å². The van der Waals surface area contributed by atoms with E-state index < -0.39 is 22.0 Å². The van der Waals surface area contributed by atoms with Crippen molar-refractivity contribution in [2.45, 2.75) is 62.3 Å². The van der Waals surface area contributed by atoms with Crippen molar-refractivity contribution < 1.29 is 27.9 Å². The van der Waals surface area contributed by atoms with Crippen LogP contribution in [0.4, 0.5) is 0 Å². The van der Waals surface area contributed by atoms with Crippen LogP contribution in [-0.2, 0) is 37.4 Å². The normalized spacial score (nSPS) is 12.7. The first kappa shape index (κ1) is 35.1. The molecule has 0 saturated carbocycles. The van der Waals surface area contributed by atoms with E-state index in [1.165, 1.54) is 13.0 Å². The molecule has 3 aromatic rings. The molecule has 0 heterocycles. The molecule has 9 nitrogen and oxygen atoms in total. The van der Waals surface area contributed by atoms with Crippen LogP contribution in [-0.4, -0.2) is 60.6 Å². The zero-order valence-corrected chi connectivity index (χ0v) is 27.2. The number of nitrogens with one attached hydrogen (secondary N) is 2. The predicted molar refractivity (Wildman–Crippen MR) is 175 cm³/mol. The number of nitrogens with zero attached hydrogens (tertiary/aromatic N) is 1. The van der Waals surface area contributed by atoms with Crippen molar-refractivity contribution >= 4 is 52.0 Å². The number of rotatable bonds is 15. The fraction of sp³-hybridized carbons (Fsp3) is 0.344. The first-order valence-corrected chi connectivity index (χ1v) is 16.7. The van der Waals surface area contributed by atoms with Gasteiger partial charge in [0.05, 0.1) is 4.90 Å². The lowest BCUT2D eigenvalue weighted by Gasteiger charge is -2.23. The molecule has 3 N–H and O–H groups in total. The van der Waals surface area contributed by atoms with E-state index in [4.69, 9.17) is 11.6 Å². The molecule has 0 radical (unpaired) electrons. The van der Waals surface area contributed by atoms with Crippen molar-refractivity contribution in [3.05, 3.63) is 88.9 Å². The Hall–Kier alpha value is -3.38. The maximum Gasteiger partial charge on any atom is 0.264 e. The molecule has 12 heteroatoms. The lowest BCUT2D eigenvalue weighted by molar-refractivity contribution is -0.132. The zero-order valence-electron chi connectivity index (χ0n) is 24.7. The van der Waals surface area contributed by atoms with E-state index in [1.807, 2.05) is 29.8 Å². The summed E-state index contributed by atoms with van der Waals surface area (Å²) in [5, 5.41) is 12.9. The van der Waals surface area contributed by atoms with Gasteiger partial charge in [0.1, 0.15) is 6.10 Å². The Balaban J connectivity index is 1.64. The van der Waals surface area contributed by atoms with Gasteiger partial charge in [-0.1, -0.05) is 73.1 Å². The number of sulfonamides is 1. The van der Waals surface area contributed by atoms with Crippen LogP contribution in [0.3, 0.4) is 0 Å². The summed E-state index contributed by atoms with van der Waals surface area (Å²) in [6, 6.07) is 20.8. The van der Waals surface area contributed by atoms with Gasteiger partial charge in [0.25, 0.3) is 15.9 Å². The number of aliphatic hydroxyl groups is 1. The van der Waals surface area contributed by atoms with Gasteiger partial charge in [0, 0.05) is 48.3 Å². The number of hydrogen-bond donors (Lipinski definition) is 4. The Morgan fingerprint density at radius 3 is 2.34 bits per heavy atom. The summed E-state index contributed by atoms with van der Waals surface area (Å²) >= 11 is 10.6. The minimum atomic E-state index is -4.23. The van der Waals surface area contributed by atoms with E-state index in [0.29, 0.717) is 42.0 Å². The number of carbonyl (C=O) groups is 3. The fourth-order valence-corrected chi connectivity index (χ4v) is 6.24. The quantitative estimate of drug-likeness (QED) is 0.179. The second kappa shape index (κ2) is 16.6. The number of amides is 3. The molecule has 0 bridgehead atoms. The largest absolute Gasteiger partial charge is 0.384 e. The Kier molecular flexibility index (Phi) is 13.3. The highest BCUT2D eigenvalue weighted by Gasteiger charge is 2.24. The predicted octanol–water partition coefficient (Wildman–Crippen LogP) is 4.37. The molecule has 2 atom stereocenters. The van der Waals surface area contributed by atoms with E-state index >= 15 is 0 Å². The molecule has 0 aliphatic heterocycles. The van der Waals surface area contributed by atoms with E-state index in [9.17, 15) is 27.9 Å². The first-order valence-electron chi connectivity index (χ1n) is 14.3. The highest BCUT2D eigenvalue weighted by Crippen LogP contribution is 2.28. The van der Waals surface area contributed by atoms with E-state index in [0.717, 1.165) is 11.1 Å². The van der Waals surface area contributed by atoms with Gasteiger partial charge < -0.3 is 15.3 Å². The van der Waals surface area contributed by atoms with Gasteiger partial charge in [0.15, 0.2) is 0 Å². The van der Waals surface area contributed by atoms with Gasteiger partial charge in [-0.3, -0.25) is 14.4 Å². The van der Waals surface area contributed by atoms with Crippen molar-refractivity contribution in [1.82, 2.24) is 14.9 Å². The van der Waals surface area contributed by atoms with Gasteiger partial charge in [-0.15, -0.1) is 0 Å². The molecule has 2 unspecified atom stereocenters. The number of aliphatic hydroxyl groups excluding tert-OH is 1. The Labute approximate surface area is 269 Å². The van der Waals surface area contributed by atoms with Gasteiger partial charge in [-0.25, -0.2) is 13.1 Å². The van der Waals surface area contributed by atoms with E-state index in [-0.39, 0.29) is 41.5 Å². The third-order valence-corrected chi connectivity index (χ3v) is 8.76. The third-order valence-electron chi connectivity index (χ3n) is 6.75. The average Bonchev–Trinajstić information content (AvgIpc) is 2.98. The molecule has 0 saturated heterocycles. The maximum atomic E-state index is 12.9. The fourth-order valence-electron chi connectivity index (χ4n) is 4.45. The Morgan fingerprint density at radius 1 is 0.977 bits per heavy atom. The topological polar surface area (TPSA) is 133 Å². The first-order chi connectivity index (χ1) is 20.9. The Bertz CT molecular complexity index is 1550. The van der Waals surface area contributed by atoms with Gasteiger partial charge in [0.2, 0.25) is 11.8 Å². The molecule has 3 amide bonds. The second-order valence-corrected chi connectivity index (χ2v) is 13.3. The van der Waals surface area contributed by atoms with Gasteiger partial charge >= 0.3 is 0 Å². The summed E-state index contributed by atoms with van der Waals surface area (Å²) in [6.45, 7) is 3.99. The highest BCUT2D eigenvalue weighted by atomic mass is 35.5. The van der Waals surface area contributed by atoms with Crippen LogP contribution in [0.25, 0.3) is 11.1 Å². The van der Waals surface area contributed by atoms with Crippen molar-refractivity contribution in [3.63, 3.8) is 0 Å². The standard InChI is InChI=1S/C32H38ClN3O6S2/c1-3-7-31(39)36(17-16-30(38)34-20-27(43)19-24-8-6-9-26(33)18-24)21-23-12-14-25(15-13-23)28-10-4-5-11-29(28)44(41,42)35-32(40)22(2)37/h4-6,8-15,18,22,27,37,43H,3,7,16-17,19-21H2,1-2H3,(H,34,38)(H,35,40). The highest BCUT2D eigenvalue weighted by molar-refractivity contribution is 7.90. The lowest BCUT2D eigenvalue weighted by Crippen LogP contribution is -2.37. The summed E-state index contributed by atoms with van der Waals surface area (Å²) in [5.74, 6) is -1.27. The minimum absolute atomic E-state index is 0.0669. The third kappa shape index (κ3) is 10.7. The molecule has 0 aliphatic carbocycles. The second-order valence-electron chi connectivity index (χ2n) is 10.4. The van der Waals surface area contributed by atoms with Crippen molar-refractivity contribution in [3.8, 4) is 11.1 Å². The summed E-state index contributed by atoms with van der Waals surface area (Å²) in [4.78, 5) is 38.9. The summed E-state index contributed by atoms with van der Waals surface area (Å²) in [5.41, 5.74) is 2.79. The zero-order chi connectivity index (χ0) is 32.3. The molecule has 0 spiro atoms. The molecule has 0 aliphatic rings. The monoisotopic (exact) mass is 659 g/mol. The molecule has 3 aromatic carbocycles. The minimum Gasteiger partial charge on any atom is -0.384 e. The van der Waals surface area contributed by atoms with Gasteiger partial charge in [-0.05, 0) is 54.7 Å². The van der Waals surface area contributed by atoms with Gasteiger partial charge in [-0.2, -0.15) is 12.6 Å². The van der Waals surface area contributed by atoms with Crippen molar-refractivity contribution in [2.24, 2.45) is 0 Å². The molecular weight excluding hydrogens is 622 g/mol. The summed E-state index contributed by atoms with van der Waals surface area (Å²) < 4.78 is 27.6. The van der Waals surface area contributed by atoms with Crippen LogP contribution in [0.2, 0.25) is 5.02 Å². The average molecular weight is 660 g/mol. The van der Waals surface area contributed by atoms with Crippen molar-refractivity contribution in [1.29, 1.82) is 0 Å². The Morgan fingerprint density at radius 2 is 1.68 bits per heavy atom. The SMILES string of the molecule is CCCC(=O)N(CCC(=O)NCC(S)Cc1cccc(Cl)c1)Cc1ccc(-c2ccccc2S(=O)(=O)NC(=O)C(C)O)cc1. The molecular formula is C32H38ClN3O6S2. The molecule has 0 fully saturated rings. The number of hydrogen-bond acceptors (Lipinski definition) is 7. The smallest absolute Gasteiger partial charge is 0.264 e. The maximum absolute atomic E-state index is 12.9. The lowest BCUT2D eigenvalue weighted by atomic mass is 10.0. The van der Waals surface area contributed by atoms with E-state index in [2.05, 4.69) is 17.9 Å². The molecule has 236 valence electrons. The van der Waals surface area contributed by atoms with Crippen LogP contribution in [0.5, 0.6) is 0 Å². The number of benzene rings is 3. The summed E-state index contributed by atoms with van der Waals surface area (Å²) in [6.07, 6.45) is 0.312. The molecule has 3 rings (SSSR count). The number of halogens is 1. The number of thiol groups is 1. The van der Waals surface area contributed by atoms with Crippen LogP contribution >= 0.6 is 24.2 Å². The molecule has 44 heavy (non-hydrogen) atoms. The number of carbonyl (C=O) groups excluding carboxylic acids is 3. The van der Waals surface area contributed by atoms with E-state index in [1.54, 1.807) is 53.4 Å². The molecule has 0 aromatic heterocycles.